The van der Waals surface area contributed by atoms with Gasteiger partial charge in [0.05, 0.1) is 11.2 Å². The van der Waals surface area contributed by atoms with Crippen LogP contribution in [-0.4, -0.2) is 27.9 Å². The topological polar surface area (TPSA) is 42.4 Å². The van der Waals surface area contributed by atoms with Crippen LogP contribution in [0.15, 0.2) is 54.7 Å². The fraction of sp³-hybridized carbons (Fsp3) is 0.667. The lowest BCUT2D eigenvalue weighted by atomic mass is 9.67. The number of unbranched alkanes of at least 4 members (excludes halogenated alkanes) is 2. The van der Waals surface area contributed by atoms with Crippen LogP contribution in [0.1, 0.15) is 109 Å². The van der Waals surface area contributed by atoms with E-state index in [9.17, 15) is 5.11 Å². The third kappa shape index (κ3) is 6.98. The van der Waals surface area contributed by atoms with Crippen molar-refractivity contribution in [3.05, 3.63) is 66.0 Å². The molecule has 3 heteroatoms. The first-order chi connectivity index (χ1) is 17.3. The van der Waals surface area contributed by atoms with Gasteiger partial charge in [-0.2, -0.15) is 0 Å². The van der Waals surface area contributed by atoms with Gasteiger partial charge >= 0.3 is 0 Å². The maximum atomic E-state index is 10.8. The molecule has 1 aliphatic heterocycles. The van der Waals surface area contributed by atoms with Crippen LogP contribution in [-0.2, 0) is 16.6 Å². The molecule has 1 aliphatic carbocycles. The van der Waals surface area contributed by atoms with E-state index < -0.39 is 5.60 Å². The molecule has 1 aromatic carbocycles. The number of pyridine rings is 1. The number of aryl methyl sites for hydroxylation is 1. The van der Waals surface area contributed by atoms with E-state index in [0.717, 1.165) is 32.3 Å². The molecular weight excluding hydrogens is 442 g/mol. The van der Waals surface area contributed by atoms with Crippen LogP contribution in [0.2, 0.25) is 0 Å². The molecule has 198 valence electrons. The number of aromatic nitrogens is 1. The second-order valence-corrected chi connectivity index (χ2v) is 12.5. The van der Waals surface area contributed by atoms with Gasteiger partial charge in [-0.25, -0.2) is 0 Å². The van der Waals surface area contributed by atoms with Crippen LogP contribution in [0.5, 0.6) is 0 Å². The minimum Gasteiger partial charge on any atom is -0.390 e. The first-order valence-corrected chi connectivity index (χ1v) is 14.6. The first kappa shape index (κ1) is 27.3. The van der Waals surface area contributed by atoms with Gasteiger partial charge in [0.25, 0.3) is 0 Å². The van der Waals surface area contributed by atoms with Gasteiger partial charge in [0.15, 0.2) is 0 Å². The summed E-state index contributed by atoms with van der Waals surface area (Å²) in [4.78, 5) is 4.88. The van der Waals surface area contributed by atoms with Gasteiger partial charge in [-0.1, -0.05) is 81.8 Å². The van der Waals surface area contributed by atoms with Gasteiger partial charge in [0.1, 0.15) is 0 Å². The highest BCUT2D eigenvalue weighted by molar-refractivity contribution is 5.20. The fourth-order valence-electron chi connectivity index (χ4n) is 7.06. The molecule has 0 bridgehead atoms. The summed E-state index contributed by atoms with van der Waals surface area (Å²) in [6, 6.07) is 17.3. The van der Waals surface area contributed by atoms with E-state index >= 15 is 0 Å². The fourth-order valence-corrected chi connectivity index (χ4v) is 7.06. The van der Waals surface area contributed by atoms with Gasteiger partial charge in [-0.3, -0.25) is 4.98 Å². The molecule has 0 amide bonds. The number of benzene rings is 1. The quantitative estimate of drug-likeness (QED) is 0.305. The van der Waals surface area contributed by atoms with Gasteiger partial charge < -0.3 is 9.84 Å². The zero-order valence-electron chi connectivity index (χ0n) is 23.1. The van der Waals surface area contributed by atoms with Crippen molar-refractivity contribution < 1.29 is 9.84 Å². The van der Waals surface area contributed by atoms with Crippen LogP contribution in [0, 0.1) is 11.8 Å². The van der Waals surface area contributed by atoms with Crippen molar-refractivity contribution in [1.29, 1.82) is 0 Å². The van der Waals surface area contributed by atoms with E-state index in [1.54, 1.807) is 0 Å². The monoisotopic (exact) mass is 491 g/mol. The van der Waals surface area contributed by atoms with E-state index in [2.05, 4.69) is 49.4 Å². The van der Waals surface area contributed by atoms with Crippen molar-refractivity contribution in [3.63, 3.8) is 0 Å². The second-order valence-electron chi connectivity index (χ2n) is 12.5. The second kappa shape index (κ2) is 12.2. The molecule has 1 N–H and O–H groups in total. The molecule has 2 heterocycles. The van der Waals surface area contributed by atoms with E-state index in [1.165, 1.54) is 69.0 Å². The van der Waals surface area contributed by atoms with Gasteiger partial charge in [-0.15, -0.1) is 0 Å². The summed E-state index contributed by atoms with van der Waals surface area (Å²) in [5, 5.41) is 10.8. The Morgan fingerprint density at radius 1 is 0.944 bits per heavy atom. The number of ether oxygens (including phenoxy) is 1. The van der Waals surface area contributed by atoms with Crippen LogP contribution < -0.4 is 0 Å². The largest absolute Gasteiger partial charge is 0.390 e. The van der Waals surface area contributed by atoms with Crippen LogP contribution >= 0.6 is 0 Å². The van der Waals surface area contributed by atoms with Gasteiger partial charge in [-0.05, 0) is 88.3 Å². The summed E-state index contributed by atoms with van der Waals surface area (Å²) in [5.41, 5.74) is 2.32. The Morgan fingerprint density at radius 2 is 1.69 bits per heavy atom. The SMILES string of the molecule is CC(C(CCCCC[C@@]1(c2ccccn2)CCOC2(CCCC2)C1)CCc1ccccc1)C(C)(C)O. The molecule has 1 saturated heterocycles. The number of aliphatic hydroxyl groups is 1. The molecule has 2 fully saturated rings. The predicted molar refractivity (Wildman–Crippen MR) is 149 cm³/mol. The number of hydrogen-bond donors (Lipinski definition) is 1. The van der Waals surface area contributed by atoms with Crippen molar-refractivity contribution in [2.24, 2.45) is 11.8 Å². The third-order valence-electron chi connectivity index (χ3n) is 9.57. The zero-order valence-corrected chi connectivity index (χ0v) is 23.1. The summed E-state index contributed by atoms with van der Waals surface area (Å²) in [6.07, 6.45) is 17.7. The molecule has 3 atom stereocenters. The van der Waals surface area contributed by atoms with Crippen molar-refractivity contribution in [1.82, 2.24) is 4.98 Å². The predicted octanol–water partition coefficient (Wildman–Crippen LogP) is 8.05. The Labute approximate surface area is 220 Å². The van der Waals surface area contributed by atoms with Crippen molar-refractivity contribution in [3.8, 4) is 0 Å². The molecule has 2 aromatic rings. The standard InChI is InChI=1S/C33H49NO2/c1-27(31(2,3)35)29(19-18-28-14-6-4-7-15-28)16-8-5-10-20-32(30-17-9-13-24-34-30)23-25-36-33(26-32)21-11-12-22-33/h4,6-7,9,13-15,17,24,27,29,35H,5,8,10-12,16,18-23,25-26H2,1-3H3/t27?,29?,32-/m1/s1. The van der Waals surface area contributed by atoms with Gasteiger partial charge in [0.2, 0.25) is 0 Å². The summed E-state index contributed by atoms with van der Waals surface area (Å²) < 4.78 is 6.43. The zero-order chi connectivity index (χ0) is 25.5. The molecule has 2 aliphatic rings. The Kier molecular flexibility index (Phi) is 9.28. The lowest BCUT2D eigenvalue weighted by Gasteiger charge is -2.46. The average molecular weight is 492 g/mol. The molecule has 2 unspecified atom stereocenters. The maximum absolute atomic E-state index is 10.8. The summed E-state index contributed by atoms with van der Waals surface area (Å²) >= 11 is 0. The maximum Gasteiger partial charge on any atom is 0.0691 e. The molecule has 4 rings (SSSR count). The normalized spacial score (nSPS) is 23.6. The Bertz CT molecular complexity index is 900. The van der Waals surface area contributed by atoms with E-state index in [1.807, 2.05) is 26.1 Å². The van der Waals surface area contributed by atoms with Gasteiger partial charge in [0, 0.05) is 23.9 Å². The van der Waals surface area contributed by atoms with E-state index in [-0.39, 0.29) is 11.0 Å². The van der Waals surface area contributed by atoms with Crippen LogP contribution in [0.4, 0.5) is 0 Å². The molecule has 0 radical (unpaired) electrons. The Morgan fingerprint density at radius 3 is 2.39 bits per heavy atom. The average Bonchev–Trinajstić information content (AvgIpc) is 3.33. The molecule has 36 heavy (non-hydrogen) atoms. The number of rotatable bonds is 12. The van der Waals surface area contributed by atoms with Crippen LogP contribution in [0.3, 0.4) is 0 Å². The molecule has 1 aromatic heterocycles. The van der Waals surface area contributed by atoms with Crippen LogP contribution in [0.25, 0.3) is 0 Å². The highest BCUT2D eigenvalue weighted by atomic mass is 16.5. The first-order valence-electron chi connectivity index (χ1n) is 14.6. The highest BCUT2D eigenvalue weighted by Crippen LogP contribution is 2.50. The minimum absolute atomic E-state index is 0.0977. The highest BCUT2D eigenvalue weighted by Gasteiger charge is 2.48. The Hall–Kier alpha value is -1.71. The summed E-state index contributed by atoms with van der Waals surface area (Å²) in [7, 11) is 0. The minimum atomic E-state index is -0.637. The third-order valence-corrected chi connectivity index (χ3v) is 9.57. The van der Waals surface area contributed by atoms with Crippen molar-refractivity contribution >= 4 is 0 Å². The number of nitrogens with zero attached hydrogens (tertiary/aromatic N) is 1. The molecule has 1 spiro atoms. The summed E-state index contributed by atoms with van der Waals surface area (Å²) in [6.45, 7) is 7.08. The molecular formula is C33H49NO2. The lowest BCUT2D eigenvalue weighted by Crippen LogP contribution is -2.46. The van der Waals surface area contributed by atoms with E-state index in [4.69, 9.17) is 9.72 Å². The molecule has 3 nitrogen and oxygen atoms in total. The van der Waals surface area contributed by atoms with E-state index in [0.29, 0.717) is 11.8 Å². The number of hydrogen-bond acceptors (Lipinski definition) is 3. The lowest BCUT2D eigenvalue weighted by molar-refractivity contribution is -0.105. The van der Waals surface area contributed by atoms with Crippen molar-refractivity contribution in [2.75, 3.05) is 6.61 Å². The Balaban J connectivity index is 1.34. The molecule has 1 saturated carbocycles. The summed E-state index contributed by atoms with van der Waals surface area (Å²) in [5.74, 6) is 0.832. The van der Waals surface area contributed by atoms with Crippen molar-refractivity contribution in [2.45, 2.75) is 121 Å². The smallest absolute Gasteiger partial charge is 0.0691 e.